The van der Waals surface area contributed by atoms with E-state index in [9.17, 15) is 14.4 Å². The molecule has 1 aliphatic rings. The summed E-state index contributed by atoms with van der Waals surface area (Å²) in [5, 5.41) is 0. The van der Waals surface area contributed by atoms with Gasteiger partial charge in [0.25, 0.3) is 0 Å². The van der Waals surface area contributed by atoms with E-state index >= 15 is 0 Å². The Kier molecular flexibility index (Phi) is 7.66. The van der Waals surface area contributed by atoms with Crippen molar-refractivity contribution >= 4 is 17.8 Å². The normalized spacial score (nSPS) is 20.2. The van der Waals surface area contributed by atoms with Gasteiger partial charge in [0.15, 0.2) is 0 Å². The van der Waals surface area contributed by atoms with E-state index in [0.717, 1.165) is 19.3 Å². The molecule has 0 bridgehead atoms. The number of piperidine rings is 1. The molecule has 1 rings (SSSR count). The second kappa shape index (κ2) is 9.01. The highest BCUT2D eigenvalue weighted by molar-refractivity contribution is 5.90. The highest BCUT2D eigenvalue weighted by Gasteiger charge is 2.33. The number of hydrogen-bond acceptors (Lipinski definition) is 5. The lowest BCUT2D eigenvalue weighted by atomic mass is 9.95. The molecular formula is C17H31N3O4. The van der Waals surface area contributed by atoms with E-state index in [4.69, 9.17) is 10.5 Å². The van der Waals surface area contributed by atoms with Gasteiger partial charge in [-0.15, -0.1) is 0 Å². The van der Waals surface area contributed by atoms with Crippen LogP contribution in [0.1, 0.15) is 46.5 Å². The van der Waals surface area contributed by atoms with Gasteiger partial charge in [-0.05, 0) is 33.1 Å². The van der Waals surface area contributed by atoms with Gasteiger partial charge < -0.3 is 20.3 Å². The van der Waals surface area contributed by atoms with E-state index in [1.54, 1.807) is 25.8 Å². The number of ether oxygens (including phenoxy) is 1. The van der Waals surface area contributed by atoms with Gasteiger partial charge in [-0.1, -0.05) is 13.3 Å². The van der Waals surface area contributed by atoms with Crippen LogP contribution in [0.5, 0.6) is 0 Å². The Labute approximate surface area is 144 Å². The summed E-state index contributed by atoms with van der Waals surface area (Å²) in [4.78, 5) is 39.7. The lowest BCUT2D eigenvalue weighted by Gasteiger charge is -2.34. The van der Waals surface area contributed by atoms with Gasteiger partial charge in [0, 0.05) is 20.1 Å². The molecule has 0 aliphatic carbocycles. The van der Waals surface area contributed by atoms with Crippen molar-refractivity contribution in [2.45, 2.75) is 52.0 Å². The molecule has 2 atom stereocenters. The molecule has 2 amide bonds. The number of rotatable bonds is 7. The fraction of sp³-hybridized carbons (Fsp3) is 0.824. The fourth-order valence-electron chi connectivity index (χ4n) is 3.09. The van der Waals surface area contributed by atoms with Crippen molar-refractivity contribution in [3.63, 3.8) is 0 Å². The molecule has 7 heteroatoms. The third kappa shape index (κ3) is 5.47. The maximum Gasteiger partial charge on any atom is 0.310 e. The van der Waals surface area contributed by atoms with E-state index in [1.165, 1.54) is 4.90 Å². The molecule has 0 radical (unpaired) electrons. The van der Waals surface area contributed by atoms with Crippen molar-refractivity contribution < 1.29 is 19.1 Å². The third-order valence-electron chi connectivity index (χ3n) is 4.37. The molecule has 1 saturated heterocycles. The molecule has 1 heterocycles. The number of carbonyl (C=O) groups excluding carboxylic acids is 3. The molecule has 0 spiro atoms. The quantitative estimate of drug-likeness (QED) is 0.690. The summed E-state index contributed by atoms with van der Waals surface area (Å²) < 4.78 is 5.04. The van der Waals surface area contributed by atoms with Gasteiger partial charge in [0.1, 0.15) is 0 Å². The monoisotopic (exact) mass is 341 g/mol. The van der Waals surface area contributed by atoms with Crippen molar-refractivity contribution in [3.05, 3.63) is 0 Å². The van der Waals surface area contributed by atoms with Crippen LogP contribution in [0.15, 0.2) is 0 Å². The van der Waals surface area contributed by atoms with Crippen LogP contribution in [-0.2, 0) is 19.1 Å². The first-order chi connectivity index (χ1) is 11.2. The zero-order valence-corrected chi connectivity index (χ0v) is 15.3. The topological polar surface area (TPSA) is 92.9 Å². The fourth-order valence-corrected chi connectivity index (χ4v) is 3.09. The van der Waals surface area contributed by atoms with Crippen LogP contribution in [0.4, 0.5) is 0 Å². The van der Waals surface area contributed by atoms with Crippen LogP contribution in [0.3, 0.4) is 0 Å². The molecule has 7 nitrogen and oxygen atoms in total. The number of likely N-dealkylation sites (tertiary alicyclic amines) is 1. The van der Waals surface area contributed by atoms with Gasteiger partial charge in [-0.25, -0.2) is 0 Å². The van der Waals surface area contributed by atoms with E-state index in [2.05, 4.69) is 0 Å². The first kappa shape index (κ1) is 20.4. The Balaban J connectivity index is 2.60. The molecule has 0 aromatic rings. The molecular weight excluding hydrogens is 310 g/mol. The summed E-state index contributed by atoms with van der Waals surface area (Å²) in [7, 11) is 1.59. The van der Waals surface area contributed by atoms with Gasteiger partial charge in [-0.3, -0.25) is 14.4 Å². The van der Waals surface area contributed by atoms with Crippen molar-refractivity contribution in [3.8, 4) is 0 Å². The van der Waals surface area contributed by atoms with Gasteiger partial charge in [-0.2, -0.15) is 0 Å². The standard InChI is InChI=1S/C17H31N3O4/c1-5-9-17(3,18)16(23)19(4)12-14(21)20-10-7-8-13(11-20)15(22)24-6-2/h13H,5-12,18H2,1-4H3. The van der Waals surface area contributed by atoms with Crippen molar-refractivity contribution in [2.24, 2.45) is 11.7 Å². The predicted octanol–water partition coefficient (Wildman–Crippen LogP) is 0.764. The van der Waals surface area contributed by atoms with Crippen molar-refractivity contribution in [1.82, 2.24) is 9.80 Å². The Hall–Kier alpha value is -1.63. The first-order valence-corrected chi connectivity index (χ1v) is 8.71. The summed E-state index contributed by atoms with van der Waals surface area (Å²) in [6.45, 7) is 6.70. The molecule has 24 heavy (non-hydrogen) atoms. The Bertz CT molecular complexity index is 465. The number of amides is 2. The number of hydrogen-bond donors (Lipinski definition) is 1. The predicted molar refractivity (Wildman–Crippen MR) is 91.1 cm³/mol. The van der Waals surface area contributed by atoms with E-state index in [-0.39, 0.29) is 30.2 Å². The van der Waals surface area contributed by atoms with Crippen molar-refractivity contribution in [2.75, 3.05) is 33.3 Å². The number of nitrogens with two attached hydrogens (primary N) is 1. The van der Waals surface area contributed by atoms with Gasteiger partial charge in [0.05, 0.1) is 24.6 Å². The highest BCUT2D eigenvalue weighted by atomic mass is 16.5. The second-order valence-corrected chi connectivity index (χ2v) is 6.76. The SMILES string of the molecule is CCCC(C)(N)C(=O)N(C)CC(=O)N1CCCC(C(=O)OCC)C1. The zero-order chi connectivity index (χ0) is 18.3. The first-order valence-electron chi connectivity index (χ1n) is 8.71. The maximum atomic E-state index is 12.5. The van der Waals surface area contributed by atoms with E-state index < -0.39 is 5.54 Å². The van der Waals surface area contributed by atoms with Gasteiger partial charge >= 0.3 is 5.97 Å². The minimum atomic E-state index is -0.959. The van der Waals surface area contributed by atoms with E-state index in [1.807, 2.05) is 6.92 Å². The molecule has 0 aromatic carbocycles. The highest BCUT2D eigenvalue weighted by Crippen LogP contribution is 2.19. The molecule has 0 aromatic heterocycles. The summed E-state index contributed by atoms with van der Waals surface area (Å²) >= 11 is 0. The Morgan fingerprint density at radius 2 is 2.00 bits per heavy atom. The van der Waals surface area contributed by atoms with Crippen LogP contribution < -0.4 is 5.73 Å². The average molecular weight is 341 g/mol. The zero-order valence-electron chi connectivity index (χ0n) is 15.3. The minimum absolute atomic E-state index is 0.0229. The average Bonchev–Trinajstić information content (AvgIpc) is 2.54. The molecule has 0 saturated carbocycles. The second-order valence-electron chi connectivity index (χ2n) is 6.76. The number of carbonyl (C=O) groups is 3. The molecule has 138 valence electrons. The van der Waals surface area contributed by atoms with Crippen LogP contribution in [-0.4, -0.2) is 66.4 Å². The van der Waals surface area contributed by atoms with Crippen LogP contribution in [0.25, 0.3) is 0 Å². The Morgan fingerprint density at radius 1 is 1.33 bits per heavy atom. The molecule has 1 aliphatic heterocycles. The number of nitrogens with zero attached hydrogens (tertiary/aromatic N) is 2. The maximum absolute atomic E-state index is 12.5. The van der Waals surface area contributed by atoms with Crippen LogP contribution in [0.2, 0.25) is 0 Å². The minimum Gasteiger partial charge on any atom is -0.466 e. The molecule has 2 N–H and O–H groups in total. The number of likely N-dealkylation sites (N-methyl/N-ethyl adjacent to an activating group) is 1. The van der Waals surface area contributed by atoms with Crippen LogP contribution >= 0.6 is 0 Å². The van der Waals surface area contributed by atoms with Crippen molar-refractivity contribution in [1.29, 1.82) is 0 Å². The summed E-state index contributed by atoms with van der Waals surface area (Å²) in [6, 6.07) is 0. The lowest BCUT2D eigenvalue weighted by Crippen LogP contribution is -2.54. The van der Waals surface area contributed by atoms with Gasteiger partial charge in [0.2, 0.25) is 11.8 Å². The smallest absolute Gasteiger partial charge is 0.310 e. The molecule has 1 fully saturated rings. The summed E-state index contributed by atoms with van der Waals surface area (Å²) in [6.07, 6.45) is 2.86. The lowest BCUT2D eigenvalue weighted by molar-refractivity contribution is -0.152. The third-order valence-corrected chi connectivity index (χ3v) is 4.37. The van der Waals surface area contributed by atoms with Crippen LogP contribution in [0, 0.1) is 5.92 Å². The van der Waals surface area contributed by atoms with E-state index in [0.29, 0.717) is 26.1 Å². The number of esters is 1. The Morgan fingerprint density at radius 3 is 2.58 bits per heavy atom. The molecule has 2 unspecified atom stereocenters. The summed E-state index contributed by atoms with van der Waals surface area (Å²) in [5.74, 6) is -0.927. The summed E-state index contributed by atoms with van der Waals surface area (Å²) in [5.41, 5.74) is 5.08. The largest absolute Gasteiger partial charge is 0.466 e.